The molecule has 0 saturated carbocycles. The van der Waals surface area contributed by atoms with Gasteiger partial charge in [-0.1, -0.05) is 30.3 Å². The van der Waals surface area contributed by atoms with E-state index in [0.29, 0.717) is 10.9 Å². The largest absolute Gasteiger partial charge is 0.522 e. The Morgan fingerprint density at radius 1 is 1.22 bits per heavy atom. The molecule has 2 amide bonds. The van der Waals surface area contributed by atoms with Crippen LogP contribution in [0, 0.1) is 0 Å². The van der Waals surface area contributed by atoms with Crippen molar-refractivity contribution in [1.82, 2.24) is 20.5 Å². The Hall–Kier alpha value is -3.38. The SMILES string of the molecule is CC(C)(O)C(NC(=O)Nc1cc2[nH]nc(OCCOC(F)(F)F)c2cn1)c1ccccc1. The van der Waals surface area contributed by atoms with E-state index in [0.717, 1.165) is 5.56 Å². The molecule has 2 aromatic heterocycles. The van der Waals surface area contributed by atoms with E-state index in [4.69, 9.17) is 4.74 Å². The summed E-state index contributed by atoms with van der Waals surface area (Å²) in [7, 11) is 0. The van der Waals surface area contributed by atoms with Gasteiger partial charge in [0.25, 0.3) is 0 Å². The molecule has 0 bridgehead atoms. The second kappa shape index (κ2) is 9.40. The van der Waals surface area contributed by atoms with Gasteiger partial charge in [0.15, 0.2) is 0 Å². The number of pyridine rings is 1. The summed E-state index contributed by atoms with van der Waals surface area (Å²) < 4.78 is 44.8. The van der Waals surface area contributed by atoms with E-state index in [1.807, 2.05) is 6.07 Å². The number of ether oxygens (including phenoxy) is 2. The highest BCUT2D eigenvalue weighted by Crippen LogP contribution is 2.26. The number of alkyl halides is 3. The van der Waals surface area contributed by atoms with E-state index in [2.05, 4.69) is 30.6 Å². The van der Waals surface area contributed by atoms with Crippen LogP contribution >= 0.6 is 0 Å². The van der Waals surface area contributed by atoms with Crippen molar-refractivity contribution in [2.45, 2.75) is 31.9 Å². The molecule has 1 unspecified atom stereocenters. The van der Waals surface area contributed by atoms with Crippen molar-refractivity contribution in [1.29, 1.82) is 0 Å². The second-order valence-corrected chi connectivity index (χ2v) is 7.38. The van der Waals surface area contributed by atoms with Crippen molar-refractivity contribution in [2.24, 2.45) is 0 Å². The number of hydrogen-bond acceptors (Lipinski definition) is 6. The molecule has 9 nitrogen and oxygen atoms in total. The number of rotatable bonds is 8. The highest BCUT2D eigenvalue weighted by atomic mass is 19.4. The highest BCUT2D eigenvalue weighted by Gasteiger charge is 2.30. The number of aromatic nitrogens is 3. The van der Waals surface area contributed by atoms with Crippen molar-refractivity contribution in [3.05, 3.63) is 48.2 Å². The van der Waals surface area contributed by atoms with Crippen LogP contribution in [0.3, 0.4) is 0 Å². The Labute approximate surface area is 180 Å². The van der Waals surface area contributed by atoms with Gasteiger partial charge < -0.3 is 15.2 Å². The number of H-pyrrole nitrogens is 1. The van der Waals surface area contributed by atoms with E-state index >= 15 is 0 Å². The molecule has 0 aliphatic heterocycles. The van der Waals surface area contributed by atoms with Gasteiger partial charge in [-0.15, -0.1) is 18.3 Å². The number of nitrogens with zero attached hydrogens (tertiary/aromatic N) is 2. The number of carbonyl (C=O) groups is 1. The molecular formula is C20H22F3N5O4. The first-order valence-corrected chi connectivity index (χ1v) is 9.55. The number of carbonyl (C=O) groups excluding carboxylic acids is 1. The molecule has 1 atom stereocenters. The van der Waals surface area contributed by atoms with Crippen LogP contribution in [0.25, 0.3) is 10.9 Å². The summed E-state index contributed by atoms with van der Waals surface area (Å²) in [5.41, 5.74) is -0.0609. The fraction of sp³-hybridized carbons (Fsp3) is 0.350. The summed E-state index contributed by atoms with van der Waals surface area (Å²) in [6, 6.07) is 9.23. The van der Waals surface area contributed by atoms with Crippen molar-refractivity contribution in [3.8, 4) is 5.88 Å². The second-order valence-electron chi connectivity index (χ2n) is 7.38. The minimum atomic E-state index is -4.73. The monoisotopic (exact) mass is 453 g/mol. The van der Waals surface area contributed by atoms with Gasteiger partial charge in [0.1, 0.15) is 12.4 Å². The minimum absolute atomic E-state index is 0.0560. The third-order valence-corrected chi connectivity index (χ3v) is 4.36. The summed E-state index contributed by atoms with van der Waals surface area (Å²) >= 11 is 0. The number of nitrogens with one attached hydrogen (secondary N) is 3. The number of hydrogen-bond donors (Lipinski definition) is 4. The molecule has 1 aromatic carbocycles. The number of fused-ring (bicyclic) bond motifs is 1. The molecule has 12 heteroatoms. The third-order valence-electron chi connectivity index (χ3n) is 4.36. The Morgan fingerprint density at radius 3 is 2.59 bits per heavy atom. The fourth-order valence-corrected chi connectivity index (χ4v) is 2.96. The Balaban J connectivity index is 1.64. The van der Waals surface area contributed by atoms with Crippen LogP contribution in [0.15, 0.2) is 42.6 Å². The lowest BCUT2D eigenvalue weighted by Gasteiger charge is -2.30. The normalized spacial score (nSPS) is 13.1. The lowest BCUT2D eigenvalue weighted by atomic mass is 9.92. The number of aromatic amines is 1. The van der Waals surface area contributed by atoms with Gasteiger partial charge >= 0.3 is 12.4 Å². The van der Waals surface area contributed by atoms with Crippen LogP contribution in [0.4, 0.5) is 23.8 Å². The summed E-state index contributed by atoms with van der Waals surface area (Å²) in [5, 5.41) is 22.7. The van der Waals surface area contributed by atoms with E-state index in [1.165, 1.54) is 12.3 Å². The van der Waals surface area contributed by atoms with Gasteiger partial charge in [-0.05, 0) is 19.4 Å². The number of benzene rings is 1. The highest BCUT2D eigenvalue weighted by molar-refractivity contribution is 5.92. The molecule has 0 aliphatic carbocycles. The van der Waals surface area contributed by atoms with E-state index in [-0.39, 0.29) is 18.3 Å². The maximum atomic E-state index is 12.5. The number of urea groups is 1. The predicted octanol–water partition coefficient (Wildman–Crippen LogP) is 3.51. The molecule has 0 spiro atoms. The van der Waals surface area contributed by atoms with Crippen molar-refractivity contribution >= 4 is 22.8 Å². The van der Waals surface area contributed by atoms with Crippen LogP contribution in [0.1, 0.15) is 25.5 Å². The number of amides is 2. The smallest absolute Gasteiger partial charge is 0.474 e. The van der Waals surface area contributed by atoms with Crippen molar-refractivity contribution in [2.75, 3.05) is 18.5 Å². The first-order chi connectivity index (χ1) is 15.0. The zero-order valence-corrected chi connectivity index (χ0v) is 17.2. The zero-order valence-electron chi connectivity index (χ0n) is 17.2. The quantitative estimate of drug-likeness (QED) is 0.388. The Bertz CT molecular complexity index is 1050. The van der Waals surface area contributed by atoms with Gasteiger partial charge in [0.05, 0.1) is 29.2 Å². The molecule has 0 radical (unpaired) electrons. The molecule has 4 N–H and O–H groups in total. The Kier molecular flexibility index (Phi) is 6.84. The molecule has 32 heavy (non-hydrogen) atoms. The maximum absolute atomic E-state index is 12.5. The topological polar surface area (TPSA) is 121 Å². The van der Waals surface area contributed by atoms with E-state index < -0.39 is 30.6 Å². The average Bonchev–Trinajstić information content (AvgIpc) is 3.11. The van der Waals surface area contributed by atoms with E-state index in [1.54, 1.807) is 38.1 Å². The lowest BCUT2D eigenvalue weighted by Crippen LogP contribution is -2.43. The first-order valence-electron chi connectivity index (χ1n) is 9.55. The zero-order chi connectivity index (χ0) is 23.4. The van der Waals surface area contributed by atoms with Gasteiger partial charge in [-0.2, -0.15) is 0 Å². The predicted molar refractivity (Wildman–Crippen MR) is 109 cm³/mol. The average molecular weight is 453 g/mol. The maximum Gasteiger partial charge on any atom is 0.522 e. The minimum Gasteiger partial charge on any atom is -0.474 e. The van der Waals surface area contributed by atoms with Crippen LogP contribution in [-0.4, -0.2) is 51.5 Å². The van der Waals surface area contributed by atoms with Crippen LogP contribution in [-0.2, 0) is 4.74 Å². The van der Waals surface area contributed by atoms with Gasteiger partial charge in [0, 0.05) is 12.3 Å². The third kappa shape index (κ3) is 6.31. The standard InChI is InChI=1S/C20H22F3N5O4/c1-19(2,30)16(12-6-4-3-5-7-12)26-18(29)25-15-10-14-13(11-24-15)17(28-27-14)31-8-9-32-20(21,22)23/h3-7,10-11,16,30H,8-9H2,1-2H3,(H,27,28)(H2,24,25,26,29). The number of aliphatic hydroxyl groups is 1. The molecule has 3 rings (SSSR count). The molecule has 172 valence electrons. The van der Waals surface area contributed by atoms with Crippen molar-refractivity contribution in [3.63, 3.8) is 0 Å². The molecule has 0 saturated heterocycles. The molecule has 0 aliphatic rings. The fourth-order valence-electron chi connectivity index (χ4n) is 2.96. The molecule has 0 fully saturated rings. The van der Waals surface area contributed by atoms with Crippen molar-refractivity contribution < 1.29 is 32.5 Å². The van der Waals surface area contributed by atoms with Crippen LogP contribution < -0.4 is 15.4 Å². The van der Waals surface area contributed by atoms with Gasteiger partial charge in [-0.3, -0.25) is 15.2 Å². The molecule has 3 aromatic rings. The number of anilines is 1. The van der Waals surface area contributed by atoms with Gasteiger partial charge in [0.2, 0.25) is 5.88 Å². The van der Waals surface area contributed by atoms with E-state index in [9.17, 15) is 23.1 Å². The lowest BCUT2D eigenvalue weighted by molar-refractivity contribution is -0.325. The molecular weight excluding hydrogens is 431 g/mol. The first kappa shape index (κ1) is 23.3. The summed E-state index contributed by atoms with van der Waals surface area (Å²) in [4.78, 5) is 16.6. The summed E-state index contributed by atoms with van der Waals surface area (Å²) in [6.45, 7) is 2.12. The van der Waals surface area contributed by atoms with Crippen LogP contribution in [0.2, 0.25) is 0 Å². The van der Waals surface area contributed by atoms with Crippen LogP contribution in [0.5, 0.6) is 5.88 Å². The summed E-state index contributed by atoms with van der Waals surface area (Å²) in [5.74, 6) is 0.244. The summed E-state index contributed by atoms with van der Waals surface area (Å²) in [6.07, 6.45) is -3.37. The van der Waals surface area contributed by atoms with Gasteiger partial charge in [-0.25, -0.2) is 9.78 Å². The molecule has 2 heterocycles. The Morgan fingerprint density at radius 2 is 1.94 bits per heavy atom. The number of halogens is 3.